The molecule has 0 fully saturated rings. The van der Waals surface area contributed by atoms with Gasteiger partial charge in [-0.25, -0.2) is 4.79 Å². The van der Waals surface area contributed by atoms with Crippen molar-refractivity contribution < 1.29 is 14.6 Å². The topological polar surface area (TPSA) is 58.6 Å². The van der Waals surface area contributed by atoms with Crippen LogP contribution in [0, 0.1) is 0 Å². The van der Waals surface area contributed by atoms with Gasteiger partial charge in [0.1, 0.15) is 11.5 Å². The molecule has 0 saturated carbocycles. The van der Waals surface area contributed by atoms with Crippen molar-refractivity contribution >= 4 is 11.7 Å². The molecular weight excluding hydrogens is 302 g/mol. The Hall–Kier alpha value is -3.27. The molecule has 0 amide bonds. The highest BCUT2D eigenvalue weighted by Gasteiger charge is 2.05. The molecular formula is C20H17NO3. The molecule has 4 heteroatoms. The second-order valence-corrected chi connectivity index (χ2v) is 5.26. The fourth-order valence-corrected chi connectivity index (χ4v) is 2.29. The number of carboxylic acid groups (broad SMARTS) is 1. The fourth-order valence-electron chi connectivity index (χ4n) is 2.29. The molecule has 120 valence electrons. The van der Waals surface area contributed by atoms with E-state index < -0.39 is 5.97 Å². The van der Waals surface area contributed by atoms with Gasteiger partial charge in [-0.3, -0.25) is 0 Å². The van der Waals surface area contributed by atoms with Crippen molar-refractivity contribution in [3.63, 3.8) is 0 Å². The Kier molecular flexibility index (Phi) is 4.77. The number of hydrogen-bond acceptors (Lipinski definition) is 3. The summed E-state index contributed by atoms with van der Waals surface area (Å²) >= 11 is 0. The molecule has 3 aromatic carbocycles. The Bertz CT molecular complexity index is 814. The van der Waals surface area contributed by atoms with E-state index in [1.54, 1.807) is 24.3 Å². The third kappa shape index (κ3) is 3.93. The number of anilines is 1. The standard InChI is InChI=1S/C20H17NO3/c22-20(23)15-10-12-17(13-11-15)21-14-16-6-4-5-9-19(16)24-18-7-2-1-3-8-18/h1-13,21H,14H2,(H,22,23). The van der Waals surface area contributed by atoms with Crippen molar-refractivity contribution in [3.8, 4) is 11.5 Å². The molecule has 0 unspecified atom stereocenters. The molecule has 4 nitrogen and oxygen atoms in total. The number of rotatable bonds is 6. The van der Waals surface area contributed by atoms with Crippen LogP contribution in [0.15, 0.2) is 78.9 Å². The highest BCUT2D eigenvalue weighted by Crippen LogP contribution is 2.25. The molecule has 0 aliphatic rings. The maximum Gasteiger partial charge on any atom is 0.335 e. The van der Waals surface area contributed by atoms with Gasteiger partial charge in [-0.15, -0.1) is 0 Å². The lowest BCUT2D eigenvalue weighted by molar-refractivity contribution is 0.0697. The third-order valence-corrected chi connectivity index (χ3v) is 3.56. The summed E-state index contributed by atoms with van der Waals surface area (Å²) in [6.07, 6.45) is 0. The van der Waals surface area contributed by atoms with Gasteiger partial charge < -0.3 is 15.2 Å². The lowest BCUT2D eigenvalue weighted by Gasteiger charge is -2.12. The van der Waals surface area contributed by atoms with Gasteiger partial charge in [0.2, 0.25) is 0 Å². The fraction of sp³-hybridized carbons (Fsp3) is 0.0500. The predicted octanol–water partition coefficient (Wildman–Crippen LogP) is 4.79. The molecule has 2 N–H and O–H groups in total. The normalized spacial score (nSPS) is 10.2. The quantitative estimate of drug-likeness (QED) is 0.686. The van der Waals surface area contributed by atoms with E-state index in [2.05, 4.69) is 5.32 Å². The van der Waals surface area contributed by atoms with Crippen molar-refractivity contribution in [2.75, 3.05) is 5.32 Å². The molecule has 0 spiro atoms. The Labute approximate surface area is 140 Å². The van der Waals surface area contributed by atoms with Gasteiger partial charge >= 0.3 is 5.97 Å². The summed E-state index contributed by atoms with van der Waals surface area (Å²) in [5.41, 5.74) is 2.14. The smallest absolute Gasteiger partial charge is 0.335 e. The highest BCUT2D eigenvalue weighted by molar-refractivity contribution is 5.87. The zero-order valence-corrected chi connectivity index (χ0v) is 13.0. The van der Waals surface area contributed by atoms with E-state index in [0.29, 0.717) is 6.54 Å². The van der Waals surface area contributed by atoms with E-state index >= 15 is 0 Å². The van der Waals surface area contributed by atoms with E-state index in [9.17, 15) is 4.79 Å². The van der Waals surface area contributed by atoms with Gasteiger partial charge in [-0.2, -0.15) is 0 Å². The number of nitrogens with one attached hydrogen (secondary N) is 1. The number of aromatic carboxylic acids is 1. The Morgan fingerprint density at radius 3 is 2.25 bits per heavy atom. The van der Waals surface area contributed by atoms with Gasteiger partial charge in [0, 0.05) is 17.8 Å². The summed E-state index contributed by atoms with van der Waals surface area (Å²) in [5.74, 6) is 0.650. The van der Waals surface area contributed by atoms with E-state index in [-0.39, 0.29) is 5.56 Å². The lowest BCUT2D eigenvalue weighted by Crippen LogP contribution is -2.02. The second kappa shape index (κ2) is 7.33. The molecule has 0 aliphatic carbocycles. The Morgan fingerprint density at radius 2 is 1.54 bits per heavy atom. The van der Waals surface area contributed by atoms with Gasteiger partial charge in [-0.1, -0.05) is 36.4 Å². The number of benzene rings is 3. The predicted molar refractivity (Wildman–Crippen MR) is 93.7 cm³/mol. The van der Waals surface area contributed by atoms with Crippen LogP contribution in [0.5, 0.6) is 11.5 Å². The second-order valence-electron chi connectivity index (χ2n) is 5.26. The number of ether oxygens (including phenoxy) is 1. The summed E-state index contributed by atoms with van der Waals surface area (Å²) in [6.45, 7) is 0.579. The van der Waals surface area contributed by atoms with Crippen LogP contribution in [0.25, 0.3) is 0 Å². The van der Waals surface area contributed by atoms with E-state index in [4.69, 9.17) is 9.84 Å². The van der Waals surface area contributed by atoms with Gasteiger partial charge in [0.05, 0.1) is 5.56 Å². The lowest BCUT2D eigenvalue weighted by atomic mass is 10.1. The van der Waals surface area contributed by atoms with Crippen molar-refractivity contribution in [1.82, 2.24) is 0 Å². The summed E-state index contributed by atoms with van der Waals surface area (Å²) < 4.78 is 5.93. The van der Waals surface area contributed by atoms with Crippen molar-refractivity contribution in [2.24, 2.45) is 0 Å². The molecule has 0 aliphatic heterocycles. The van der Waals surface area contributed by atoms with Gasteiger partial charge in [-0.05, 0) is 42.5 Å². The van der Waals surface area contributed by atoms with Crippen LogP contribution in [0.3, 0.4) is 0 Å². The van der Waals surface area contributed by atoms with Crippen molar-refractivity contribution in [2.45, 2.75) is 6.54 Å². The van der Waals surface area contributed by atoms with Crippen LogP contribution >= 0.6 is 0 Å². The third-order valence-electron chi connectivity index (χ3n) is 3.56. The number of hydrogen-bond donors (Lipinski definition) is 2. The Balaban J connectivity index is 1.70. The molecule has 3 aromatic rings. The van der Waals surface area contributed by atoms with Crippen LogP contribution < -0.4 is 10.1 Å². The molecule has 0 saturated heterocycles. The van der Waals surface area contributed by atoms with Crippen LogP contribution in [-0.4, -0.2) is 11.1 Å². The number of para-hydroxylation sites is 2. The summed E-state index contributed by atoms with van der Waals surface area (Å²) in [5, 5.41) is 12.2. The van der Waals surface area contributed by atoms with Crippen LogP contribution in [0.2, 0.25) is 0 Å². The average Bonchev–Trinajstić information content (AvgIpc) is 2.62. The first kappa shape index (κ1) is 15.6. The van der Waals surface area contributed by atoms with Crippen LogP contribution in [-0.2, 0) is 6.54 Å². The summed E-state index contributed by atoms with van der Waals surface area (Å²) in [6, 6.07) is 24.1. The zero-order chi connectivity index (χ0) is 16.8. The van der Waals surface area contributed by atoms with Crippen molar-refractivity contribution in [3.05, 3.63) is 90.0 Å². The maximum absolute atomic E-state index is 10.9. The molecule has 0 bridgehead atoms. The molecule has 0 heterocycles. The number of carbonyl (C=O) groups is 1. The first-order valence-electron chi connectivity index (χ1n) is 7.60. The highest BCUT2D eigenvalue weighted by atomic mass is 16.5. The SMILES string of the molecule is O=C(O)c1ccc(NCc2ccccc2Oc2ccccc2)cc1. The minimum atomic E-state index is -0.928. The monoisotopic (exact) mass is 319 g/mol. The zero-order valence-electron chi connectivity index (χ0n) is 13.0. The number of carboxylic acids is 1. The molecule has 24 heavy (non-hydrogen) atoms. The Morgan fingerprint density at radius 1 is 0.875 bits per heavy atom. The van der Waals surface area contributed by atoms with Crippen LogP contribution in [0.4, 0.5) is 5.69 Å². The largest absolute Gasteiger partial charge is 0.478 e. The minimum Gasteiger partial charge on any atom is -0.478 e. The molecule has 0 atom stereocenters. The summed E-state index contributed by atoms with van der Waals surface area (Å²) in [7, 11) is 0. The van der Waals surface area contributed by atoms with E-state index in [1.165, 1.54) is 0 Å². The summed E-state index contributed by atoms with van der Waals surface area (Å²) in [4.78, 5) is 10.9. The molecule has 3 rings (SSSR count). The van der Waals surface area contributed by atoms with E-state index in [1.807, 2.05) is 54.6 Å². The first-order chi connectivity index (χ1) is 11.7. The minimum absolute atomic E-state index is 0.272. The van der Waals surface area contributed by atoms with Gasteiger partial charge in [0.25, 0.3) is 0 Å². The first-order valence-corrected chi connectivity index (χ1v) is 7.60. The maximum atomic E-state index is 10.9. The average molecular weight is 319 g/mol. The van der Waals surface area contributed by atoms with Gasteiger partial charge in [0.15, 0.2) is 0 Å². The molecule has 0 radical (unpaired) electrons. The van der Waals surface area contributed by atoms with Crippen LogP contribution in [0.1, 0.15) is 15.9 Å². The van der Waals surface area contributed by atoms with Crippen molar-refractivity contribution in [1.29, 1.82) is 0 Å². The molecule has 0 aromatic heterocycles. The van der Waals surface area contributed by atoms with E-state index in [0.717, 1.165) is 22.7 Å².